The first kappa shape index (κ1) is 11.4. The summed E-state index contributed by atoms with van der Waals surface area (Å²) in [6.07, 6.45) is 0.612. The van der Waals surface area contributed by atoms with Gasteiger partial charge < -0.3 is 10.5 Å². The Morgan fingerprint density at radius 1 is 1.56 bits per heavy atom. The van der Waals surface area contributed by atoms with E-state index in [2.05, 4.69) is 20.9 Å². The second-order valence-corrected chi connectivity index (χ2v) is 4.86. The van der Waals surface area contributed by atoms with E-state index in [1.165, 1.54) is 6.07 Å². The summed E-state index contributed by atoms with van der Waals surface area (Å²) in [5.41, 5.74) is 5.42. The van der Waals surface area contributed by atoms with E-state index in [1.54, 1.807) is 12.1 Å². The third-order valence-corrected chi connectivity index (χ3v) is 3.20. The zero-order valence-electron chi connectivity index (χ0n) is 8.84. The predicted octanol–water partition coefficient (Wildman–Crippen LogP) is 2.54. The van der Waals surface area contributed by atoms with Crippen molar-refractivity contribution in [3.63, 3.8) is 0 Å². The number of aliphatic imine (C=N–C) groups is 1. The molecule has 0 unspecified atom stereocenters. The van der Waals surface area contributed by atoms with Crippen LogP contribution in [0.5, 0.6) is 0 Å². The maximum atomic E-state index is 13.8. The van der Waals surface area contributed by atoms with Gasteiger partial charge in [0.15, 0.2) is 0 Å². The van der Waals surface area contributed by atoms with E-state index in [0.717, 1.165) is 4.47 Å². The molecule has 1 atom stereocenters. The van der Waals surface area contributed by atoms with Gasteiger partial charge in [0.2, 0.25) is 0 Å². The van der Waals surface area contributed by atoms with E-state index < -0.39 is 5.54 Å². The van der Waals surface area contributed by atoms with E-state index in [4.69, 9.17) is 10.5 Å². The molecule has 1 aromatic rings. The van der Waals surface area contributed by atoms with Crippen LogP contribution in [0.4, 0.5) is 4.39 Å². The van der Waals surface area contributed by atoms with Crippen molar-refractivity contribution in [3.8, 4) is 0 Å². The van der Waals surface area contributed by atoms with Crippen LogP contribution in [0, 0.1) is 5.82 Å². The fourth-order valence-electron chi connectivity index (χ4n) is 1.79. The second-order valence-electron chi connectivity index (χ2n) is 3.95. The van der Waals surface area contributed by atoms with Crippen molar-refractivity contribution < 1.29 is 9.13 Å². The van der Waals surface area contributed by atoms with Gasteiger partial charge in [0.25, 0.3) is 6.02 Å². The summed E-state index contributed by atoms with van der Waals surface area (Å²) in [6.45, 7) is 2.31. The Morgan fingerprint density at radius 2 is 2.31 bits per heavy atom. The first-order chi connectivity index (χ1) is 7.51. The van der Waals surface area contributed by atoms with Crippen molar-refractivity contribution in [1.82, 2.24) is 0 Å². The molecule has 2 rings (SSSR count). The third-order valence-electron chi connectivity index (χ3n) is 2.70. The maximum absolute atomic E-state index is 13.8. The molecule has 3 nitrogen and oxygen atoms in total. The third kappa shape index (κ3) is 2.04. The first-order valence-electron chi connectivity index (χ1n) is 4.95. The minimum atomic E-state index is -0.643. The number of halogens is 2. The number of nitrogens with two attached hydrogens (primary N) is 1. The van der Waals surface area contributed by atoms with E-state index in [-0.39, 0.29) is 11.8 Å². The zero-order valence-corrected chi connectivity index (χ0v) is 10.4. The molecule has 5 heteroatoms. The number of hydrogen-bond donors (Lipinski definition) is 1. The second kappa shape index (κ2) is 4.05. The molecule has 16 heavy (non-hydrogen) atoms. The van der Waals surface area contributed by atoms with Crippen molar-refractivity contribution in [2.45, 2.75) is 18.9 Å². The van der Waals surface area contributed by atoms with Crippen LogP contribution in [0.25, 0.3) is 0 Å². The lowest BCUT2D eigenvalue weighted by Crippen LogP contribution is -2.34. The fourth-order valence-corrected chi connectivity index (χ4v) is 2.15. The van der Waals surface area contributed by atoms with Crippen LogP contribution in [0.3, 0.4) is 0 Å². The lowest BCUT2D eigenvalue weighted by molar-refractivity contribution is 0.215. The van der Waals surface area contributed by atoms with Crippen LogP contribution in [-0.2, 0) is 10.3 Å². The van der Waals surface area contributed by atoms with Gasteiger partial charge in [-0.1, -0.05) is 15.9 Å². The Kier molecular flexibility index (Phi) is 2.88. The number of rotatable bonds is 1. The van der Waals surface area contributed by atoms with E-state index in [9.17, 15) is 4.39 Å². The molecular formula is C11H12BrFN2O. The summed E-state index contributed by atoms with van der Waals surface area (Å²) in [6, 6.07) is 4.94. The van der Waals surface area contributed by atoms with Gasteiger partial charge in [-0.25, -0.2) is 9.38 Å². The van der Waals surface area contributed by atoms with Gasteiger partial charge in [0.1, 0.15) is 5.82 Å². The van der Waals surface area contributed by atoms with Gasteiger partial charge in [-0.05, 0) is 25.1 Å². The Labute approximate surface area is 102 Å². The topological polar surface area (TPSA) is 47.6 Å². The standard InChI is InChI=1S/C11H12BrFN2O/c1-11(4-5-16-10(14)15-11)8-6-7(12)2-3-9(8)13/h2-3,6H,4-5H2,1H3,(H2,14,15)/t11-/m0/s1. The van der Waals surface area contributed by atoms with E-state index in [1.807, 2.05) is 6.92 Å². The SMILES string of the molecule is C[C@@]1(c2cc(Br)ccc2F)CCOC(N)=N1. The van der Waals surface area contributed by atoms with Crippen LogP contribution in [0.1, 0.15) is 18.9 Å². The van der Waals surface area contributed by atoms with Gasteiger partial charge in [0.05, 0.1) is 12.1 Å². The van der Waals surface area contributed by atoms with Crippen LogP contribution in [0.15, 0.2) is 27.7 Å². The highest BCUT2D eigenvalue weighted by Gasteiger charge is 2.32. The molecule has 0 fully saturated rings. The average Bonchev–Trinajstić information content (AvgIpc) is 2.21. The summed E-state index contributed by atoms with van der Waals surface area (Å²) in [7, 11) is 0. The lowest BCUT2D eigenvalue weighted by Gasteiger charge is -2.30. The summed E-state index contributed by atoms with van der Waals surface area (Å²) in [4.78, 5) is 4.20. The lowest BCUT2D eigenvalue weighted by atomic mass is 9.88. The molecule has 0 saturated carbocycles. The monoisotopic (exact) mass is 286 g/mol. The molecule has 0 aromatic heterocycles. The molecule has 0 aliphatic carbocycles. The Balaban J connectivity index is 2.50. The summed E-state index contributed by atoms with van der Waals surface area (Å²) in [5, 5.41) is 0. The molecule has 0 radical (unpaired) electrons. The molecule has 86 valence electrons. The van der Waals surface area contributed by atoms with Crippen LogP contribution < -0.4 is 5.73 Å². The number of nitrogens with zero attached hydrogens (tertiary/aromatic N) is 1. The summed E-state index contributed by atoms with van der Waals surface area (Å²) in [5.74, 6) is -0.274. The molecule has 2 N–H and O–H groups in total. The molecule has 0 spiro atoms. The molecule has 0 bridgehead atoms. The maximum Gasteiger partial charge on any atom is 0.282 e. The van der Waals surface area contributed by atoms with Crippen LogP contribution in [-0.4, -0.2) is 12.6 Å². The summed E-state index contributed by atoms with van der Waals surface area (Å²) < 4.78 is 19.6. The van der Waals surface area contributed by atoms with E-state index >= 15 is 0 Å². The quantitative estimate of drug-likeness (QED) is 0.862. The predicted molar refractivity (Wildman–Crippen MR) is 63.6 cm³/mol. The van der Waals surface area contributed by atoms with Crippen molar-refractivity contribution >= 4 is 22.0 Å². The summed E-state index contributed by atoms with van der Waals surface area (Å²) >= 11 is 3.32. The van der Waals surface area contributed by atoms with Gasteiger partial charge in [0, 0.05) is 16.5 Å². The average molecular weight is 287 g/mol. The van der Waals surface area contributed by atoms with Gasteiger partial charge in [-0.3, -0.25) is 0 Å². The van der Waals surface area contributed by atoms with Crippen molar-refractivity contribution in [2.24, 2.45) is 10.7 Å². The Bertz CT molecular complexity index is 450. The molecular weight excluding hydrogens is 275 g/mol. The Hall–Kier alpha value is -1.10. The van der Waals surface area contributed by atoms with E-state index in [0.29, 0.717) is 18.6 Å². The molecule has 0 amide bonds. The minimum absolute atomic E-state index is 0.119. The molecule has 1 aromatic carbocycles. The van der Waals surface area contributed by atoms with Crippen LogP contribution in [0.2, 0.25) is 0 Å². The zero-order chi connectivity index (χ0) is 11.8. The number of amidine groups is 1. The highest BCUT2D eigenvalue weighted by atomic mass is 79.9. The first-order valence-corrected chi connectivity index (χ1v) is 5.74. The van der Waals surface area contributed by atoms with Crippen molar-refractivity contribution in [2.75, 3.05) is 6.61 Å². The van der Waals surface area contributed by atoms with Gasteiger partial charge in [-0.15, -0.1) is 0 Å². The smallest absolute Gasteiger partial charge is 0.282 e. The highest BCUT2D eigenvalue weighted by molar-refractivity contribution is 9.10. The van der Waals surface area contributed by atoms with Crippen molar-refractivity contribution in [3.05, 3.63) is 34.1 Å². The molecule has 1 aliphatic heterocycles. The Morgan fingerprint density at radius 3 is 3.00 bits per heavy atom. The molecule has 0 saturated heterocycles. The molecule has 1 heterocycles. The minimum Gasteiger partial charge on any atom is -0.465 e. The van der Waals surface area contributed by atoms with Crippen molar-refractivity contribution in [1.29, 1.82) is 0 Å². The normalized spacial score (nSPS) is 24.8. The van der Waals surface area contributed by atoms with Crippen LogP contribution >= 0.6 is 15.9 Å². The number of hydrogen-bond acceptors (Lipinski definition) is 3. The fraction of sp³-hybridized carbons (Fsp3) is 0.364. The number of benzene rings is 1. The highest BCUT2D eigenvalue weighted by Crippen LogP contribution is 2.34. The number of ether oxygens (including phenoxy) is 1. The largest absolute Gasteiger partial charge is 0.465 e. The molecule has 1 aliphatic rings. The van der Waals surface area contributed by atoms with Gasteiger partial charge >= 0.3 is 0 Å². The van der Waals surface area contributed by atoms with Gasteiger partial charge in [-0.2, -0.15) is 0 Å².